The quantitative estimate of drug-likeness (QED) is 0.289. The molecule has 7 nitrogen and oxygen atoms in total. The second kappa shape index (κ2) is 10.1. The van der Waals surface area contributed by atoms with Crippen molar-refractivity contribution in [2.24, 2.45) is 5.10 Å². The monoisotopic (exact) mass is 579 g/mol. The fraction of sp³-hybridized carbons (Fsp3) is 0.0833. The molecular formula is C24H14BrClF3N3O4. The molecule has 3 aromatic carbocycles. The number of aliphatic carboxylic acids is 1. The van der Waals surface area contributed by atoms with Gasteiger partial charge in [0.15, 0.2) is 12.4 Å². The number of fused-ring (bicyclic) bond motifs is 1. The van der Waals surface area contributed by atoms with E-state index in [4.69, 9.17) is 21.4 Å². The summed E-state index contributed by atoms with van der Waals surface area (Å²) >= 11 is 9.36. The van der Waals surface area contributed by atoms with E-state index >= 15 is 0 Å². The smallest absolute Gasteiger partial charge is 0.416 e. The molecule has 0 saturated heterocycles. The molecule has 0 amide bonds. The lowest BCUT2D eigenvalue weighted by molar-refractivity contribution is -0.139. The summed E-state index contributed by atoms with van der Waals surface area (Å²) in [6.45, 7) is -0.659. The van der Waals surface area contributed by atoms with Crippen LogP contribution in [-0.4, -0.2) is 33.6 Å². The molecule has 0 spiro atoms. The first-order valence-electron chi connectivity index (χ1n) is 10.1. The zero-order valence-electron chi connectivity index (χ0n) is 18.0. The summed E-state index contributed by atoms with van der Waals surface area (Å²) in [7, 11) is 0. The summed E-state index contributed by atoms with van der Waals surface area (Å²) < 4.78 is 46.6. The molecule has 0 saturated carbocycles. The highest BCUT2D eigenvalue weighted by Gasteiger charge is 2.31. The lowest BCUT2D eigenvalue weighted by atomic mass is 10.1. The average Bonchev–Trinajstić information content (AvgIpc) is 2.82. The van der Waals surface area contributed by atoms with Crippen molar-refractivity contribution in [1.29, 1.82) is 0 Å². The van der Waals surface area contributed by atoms with Crippen molar-refractivity contribution in [3.05, 3.63) is 91.6 Å². The lowest BCUT2D eigenvalue weighted by Crippen LogP contribution is -2.20. The van der Waals surface area contributed by atoms with Gasteiger partial charge in [0.25, 0.3) is 5.56 Å². The van der Waals surface area contributed by atoms with Crippen LogP contribution in [0.5, 0.6) is 5.75 Å². The Morgan fingerprint density at radius 3 is 2.64 bits per heavy atom. The predicted octanol–water partition coefficient (Wildman–Crippen LogP) is 5.84. The van der Waals surface area contributed by atoms with Gasteiger partial charge in [-0.15, -0.1) is 0 Å². The number of carboxylic acids is 1. The molecule has 0 aliphatic heterocycles. The minimum Gasteiger partial charge on any atom is -0.480 e. The number of para-hydroxylation sites is 1. The number of carboxylic acid groups (broad SMARTS) is 1. The maximum atomic E-state index is 13.3. The van der Waals surface area contributed by atoms with Gasteiger partial charge < -0.3 is 9.84 Å². The van der Waals surface area contributed by atoms with Crippen LogP contribution in [0.4, 0.5) is 13.2 Å². The minimum absolute atomic E-state index is 0.0134. The van der Waals surface area contributed by atoms with Crippen LogP contribution >= 0.6 is 27.5 Å². The van der Waals surface area contributed by atoms with E-state index < -0.39 is 29.9 Å². The van der Waals surface area contributed by atoms with Crippen LogP contribution < -0.4 is 10.3 Å². The number of ether oxygens (including phenoxy) is 1. The van der Waals surface area contributed by atoms with Crippen LogP contribution in [-0.2, 0) is 11.0 Å². The fourth-order valence-electron chi connectivity index (χ4n) is 3.33. The van der Waals surface area contributed by atoms with Crippen LogP contribution in [0.2, 0.25) is 5.02 Å². The van der Waals surface area contributed by atoms with E-state index in [1.54, 1.807) is 18.2 Å². The molecule has 0 aliphatic rings. The number of aromatic nitrogens is 2. The summed E-state index contributed by atoms with van der Waals surface area (Å²) in [6.07, 6.45) is -3.42. The number of carbonyl (C=O) groups is 1. The van der Waals surface area contributed by atoms with Crippen LogP contribution in [0.15, 0.2) is 75.0 Å². The zero-order valence-corrected chi connectivity index (χ0v) is 20.3. The lowest BCUT2D eigenvalue weighted by Gasteiger charge is -2.13. The third-order valence-electron chi connectivity index (χ3n) is 4.89. The first kappa shape index (κ1) is 25.4. The molecule has 12 heteroatoms. The Labute approximate surface area is 214 Å². The molecule has 4 aromatic rings. The van der Waals surface area contributed by atoms with Gasteiger partial charge in [-0.3, -0.25) is 4.79 Å². The molecule has 1 N–H and O–H groups in total. The van der Waals surface area contributed by atoms with Gasteiger partial charge in [0.1, 0.15) is 5.75 Å². The van der Waals surface area contributed by atoms with Gasteiger partial charge in [0.2, 0.25) is 0 Å². The van der Waals surface area contributed by atoms with Crippen molar-refractivity contribution in [2.45, 2.75) is 6.18 Å². The van der Waals surface area contributed by atoms with Crippen molar-refractivity contribution < 1.29 is 27.8 Å². The van der Waals surface area contributed by atoms with Gasteiger partial charge in [0, 0.05) is 16.1 Å². The van der Waals surface area contributed by atoms with E-state index in [0.29, 0.717) is 4.47 Å². The highest BCUT2D eigenvalue weighted by molar-refractivity contribution is 9.10. The normalized spacial score (nSPS) is 11.8. The van der Waals surface area contributed by atoms with E-state index in [2.05, 4.69) is 26.0 Å². The van der Waals surface area contributed by atoms with E-state index in [0.717, 1.165) is 16.8 Å². The van der Waals surface area contributed by atoms with Gasteiger partial charge in [0.05, 0.1) is 27.2 Å². The number of nitrogens with zero attached hydrogens (tertiary/aromatic N) is 3. The molecule has 36 heavy (non-hydrogen) atoms. The minimum atomic E-state index is -4.61. The number of halogens is 5. The molecule has 0 fully saturated rings. The van der Waals surface area contributed by atoms with Crippen LogP contribution in [0.25, 0.3) is 22.3 Å². The van der Waals surface area contributed by atoms with E-state index in [1.165, 1.54) is 36.5 Å². The Kier molecular flexibility index (Phi) is 7.14. The zero-order chi connectivity index (χ0) is 26.0. The summed E-state index contributed by atoms with van der Waals surface area (Å²) in [6, 6.07) is 13.6. The SMILES string of the molecule is O=C(O)COc1c(Br)cc(Cl)cc1C=Nn1c(-c2cccc(C(F)(F)F)c2)nc2ccccc2c1=O. The molecule has 1 aromatic heterocycles. The van der Waals surface area contributed by atoms with Crippen LogP contribution in [0.1, 0.15) is 11.1 Å². The molecule has 4 rings (SSSR count). The van der Waals surface area contributed by atoms with Gasteiger partial charge in [-0.1, -0.05) is 35.9 Å². The summed E-state index contributed by atoms with van der Waals surface area (Å²) in [4.78, 5) is 28.7. The fourth-order valence-corrected chi connectivity index (χ4v) is 4.28. The number of rotatable bonds is 6. The molecule has 184 valence electrons. The van der Waals surface area contributed by atoms with Crippen LogP contribution in [0, 0.1) is 0 Å². The first-order valence-corrected chi connectivity index (χ1v) is 11.3. The Hall–Kier alpha value is -3.70. The average molecular weight is 581 g/mol. The van der Waals surface area contributed by atoms with Crippen molar-refractivity contribution in [3.63, 3.8) is 0 Å². The molecule has 0 aliphatic carbocycles. The second-order valence-electron chi connectivity index (χ2n) is 7.38. The van der Waals surface area contributed by atoms with Gasteiger partial charge in [-0.2, -0.15) is 22.9 Å². The maximum Gasteiger partial charge on any atom is 0.416 e. The molecule has 0 atom stereocenters. The highest BCUT2D eigenvalue weighted by atomic mass is 79.9. The maximum absolute atomic E-state index is 13.3. The summed E-state index contributed by atoms with van der Waals surface area (Å²) in [5, 5.41) is 13.6. The third-order valence-corrected chi connectivity index (χ3v) is 5.70. The molecule has 0 radical (unpaired) electrons. The van der Waals surface area contributed by atoms with E-state index in [-0.39, 0.29) is 38.6 Å². The Morgan fingerprint density at radius 1 is 1.17 bits per heavy atom. The number of hydrogen-bond donors (Lipinski definition) is 1. The summed E-state index contributed by atoms with van der Waals surface area (Å²) in [5.41, 5.74) is -1.04. The van der Waals surface area contributed by atoms with E-state index in [1.807, 2.05) is 0 Å². The van der Waals surface area contributed by atoms with Gasteiger partial charge >= 0.3 is 12.1 Å². The van der Waals surface area contributed by atoms with Gasteiger partial charge in [-0.05, 0) is 52.3 Å². The summed E-state index contributed by atoms with van der Waals surface area (Å²) in [5.74, 6) is -1.26. The van der Waals surface area contributed by atoms with Crippen molar-refractivity contribution in [3.8, 4) is 17.1 Å². The Morgan fingerprint density at radius 2 is 1.92 bits per heavy atom. The standard InChI is InChI=1S/C24H14BrClF3N3O4/c25-18-10-16(26)9-14(21(18)36-12-20(33)34)11-30-32-22(13-4-3-5-15(8-13)24(27,28)29)31-19-7-2-1-6-17(19)23(32)35/h1-11H,12H2,(H,33,34). The number of benzene rings is 3. The first-order chi connectivity index (χ1) is 17.0. The molecule has 0 bridgehead atoms. The highest BCUT2D eigenvalue weighted by Crippen LogP contribution is 2.33. The largest absolute Gasteiger partial charge is 0.480 e. The Bertz CT molecular complexity index is 1570. The van der Waals surface area contributed by atoms with Crippen molar-refractivity contribution in [1.82, 2.24) is 9.66 Å². The predicted molar refractivity (Wildman–Crippen MR) is 132 cm³/mol. The van der Waals surface area contributed by atoms with E-state index in [9.17, 15) is 22.8 Å². The second-order valence-corrected chi connectivity index (χ2v) is 8.67. The third kappa shape index (κ3) is 5.42. The number of hydrogen-bond acceptors (Lipinski definition) is 5. The molecule has 1 heterocycles. The van der Waals surface area contributed by atoms with Crippen molar-refractivity contribution in [2.75, 3.05) is 6.61 Å². The van der Waals surface area contributed by atoms with Crippen molar-refractivity contribution >= 4 is 50.6 Å². The molecular weight excluding hydrogens is 567 g/mol. The van der Waals surface area contributed by atoms with Crippen LogP contribution in [0.3, 0.4) is 0 Å². The topological polar surface area (TPSA) is 93.8 Å². The van der Waals surface area contributed by atoms with Gasteiger partial charge in [-0.25, -0.2) is 9.78 Å². The number of alkyl halides is 3. The Balaban J connectivity index is 1.92. The molecule has 0 unspecified atom stereocenters.